The second-order valence-corrected chi connectivity index (χ2v) is 4.93. The largest absolute Gasteiger partial charge is 0.316 e. The van der Waals surface area contributed by atoms with Crippen LogP contribution in [-0.2, 0) is 4.79 Å². The molecule has 1 fully saturated rings. The molecule has 1 aromatic rings. The first kappa shape index (κ1) is 12.1. The summed E-state index contributed by atoms with van der Waals surface area (Å²) in [5, 5.41) is 3.32. The standard InChI is InChI=1S/C14H20N2O/c1-11-8-12(10-15-9-11)14(17)16(2)13-6-4-3-5-7-13/h3-7,11-12,15H,8-10H2,1-2H3. The molecule has 92 valence electrons. The first-order valence-electron chi connectivity index (χ1n) is 6.22. The van der Waals surface area contributed by atoms with Crippen molar-refractivity contribution in [2.75, 3.05) is 25.0 Å². The predicted octanol–water partition coefficient (Wildman–Crippen LogP) is 1.90. The van der Waals surface area contributed by atoms with Gasteiger partial charge in [-0.3, -0.25) is 4.79 Å². The number of hydrogen-bond donors (Lipinski definition) is 1. The Kier molecular flexibility index (Phi) is 3.79. The highest BCUT2D eigenvalue weighted by molar-refractivity contribution is 5.94. The van der Waals surface area contributed by atoms with Gasteiger partial charge in [0.25, 0.3) is 0 Å². The molecule has 1 aromatic carbocycles. The zero-order valence-corrected chi connectivity index (χ0v) is 10.5. The number of nitrogens with one attached hydrogen (secondary N) is 1. The van der Waals surface area contributed by atoms with Gasteiger partial charge in [-0.2, -0.15) is 0 Å². The molecule has 2 rings (SSSR count). The molecule has 3 nitrogen and oxygen atoms in total. The summed E-state index contributed by atoms with van der Waals surface area (Å²) >= 11 is 0. The number of rotatable bonds is 2. The molecular formula is C14H20N2O. The Morgan fingerprint density at radius 3 is 2.65 bits per heavy atom. The van der Waals surface area contributed by atoms with Crippen LogP contribution >= 0.6 is 0 Å². The van der Waals surface area contributed by atoms with Gasteiger partial charge < -0.3 is 10.2 Å². The number of anilines is 1. The number of benzene rings is 1. The van der Waals surface area contributed by atoms with Crippen LogP contribution in [0.2, 0.25) is 0 Å². The van der Waals surface area contributed by atoms with Gasteiger partial charge in [0.15, 0.2) is 0 Å². The number of para-hydroxylation sites is 1. The van der Waals surface area contributed by atoms with E-state index >= 15 is 0 Å². The van der Waals surface area contributed by atoms with Gasteiger partial charge in [-0.25, -0.2) is 0 Å². The third-order valence-electron chi connectivity index (χ3n) is 3.39. The van der Waals surface area contributed by atoms with Crippen LogP contribution in [0.4, 0.5) is 5.69 Å². The van der Waals surface area contributed by atoms with Gasteiger partial charge in [0.2, 0.25) is 5.91 Å². The molecule has 1 N–H and O–H groups in total. The van der Waals surface area contributed by atoms with E-state index in [2.05, 4.69) is 12.2 Å². The van der Waals surface area contributed by atoms with E-state index in [4.69, 9.17) is 0 Å². The molecule has 0 spiro atoms. The highest BCUT2D eigenvalue weighted by Gasteiger charge is 2.27. The SMILES string of the molecule is CC1CNCC(C(=O)N(C)c2ccccc2)C1. The second kappa shape index (κ2) is 5.32. The lowest BCUT2D eigenvalue weighted by Gasteiger charge is -2.30. The monoisotopic (exact) mass is 232 g/mol. The summed E-state index contributed by atoms with van der Waals surface area (Å²) in [4.78, 5) is 14.1. The number of nitrogens with zero attached hydrogens (tertiary/aromatic N) is 1. The molecule has 1 aliphatic rings. The van der Waals surface area contributed by atoms with Crippen LogP contribution in [-0.4, -0.2) is 26.0 Å². The highest BCUT2D eigenvalue weighted by atomic mass is 16.2. The van der Waals surface area contributed by atoms with E-state index in [1.165, 1.54) is 0 Å². The van der Waals surface area contributed by atoms with Gasteiger partial charge in [-0.15, -0.1) is 0 Å². The molecule has 2 unspecified atom stereocenters. The summed E-state index contributed by atoms with van der Waals surface area (Å²) in [6.45, 7) is 4.02. The van der Waals surface area contributed by atoms with Gasteiger partial charge in [0.05, 0.1) is 5.92 Å². The maximum atomic E-state index is 12.3. The Morgan fingerprint density at radius 1 is 1.29 bits per heavy atom. The van der Waals surface area contributed by atoms with E-state index in [1.54, 1.807) is 4.90 Å². The quantitative estimate of drug-likeness (QED) is 0.844. The number of carbonyl (C=O) groups excluding carboxylic acids is 1. The predicted molar refractivity (Wildman–Crippen MR) is 70.0 cm³/mol. The molecule has 0 aromatic heterocycles. The topological polar surface area (TPSA) is 32.3 Å². The molecule has 3 heteroatoms. The van der Waals surface area contributed by atoms with Crippen LogP contribution in [0.25, 0.3) is 0 Å². The van der Waals surface area contributed by atoms with E-state index in [0.29, 0.717) is 5.92 Å². The van der Waals surface area contributed by atoms with Crippen LogP contribution < -0.4 is 10.2 Å². The summed E-state index contributed by atoms with van der Waals surface area (Å²) in [7, 11) is 1.86. The molecule has 0 saturated carbocycles. The van der Waals surface area contributed by atoms with Crippen molar-refractivity contribution in [2.24, 2.45) is 11.8 Å². The Bertz CT molecular complexity index is 377. The Balaban J connectivity index is 2.04. The maximum Gasteiger partial charge on any atom is 0.231 e. The zero-order chi connectivity index (χ0) is 12.3. The number of piperidine rings is 1. The average molecular weight is 232 g/mol. The van der Waals surface area contributed by atoms with E-state index in [1.807, 2.05) is 37.4 Å². The van der Waals surface area contributed by atoms with Crippen LogP contribution in [0.3, 0.4) is 0 Å². The van der Waals surface area contributed by atoms with Crippen molar-refractivity contribution in [2.45, 2.75) is 13.3 Å². The molecule has 17 heavy (non-hydrogen) atoms. The van der Waals surface area contributed by atoms with Crippen molar-refractivity contribution in [1.29, 1.82) is 0 Å². The van der Waals surface area contributed by atoms with Crippen molar-refractivity contribution >= 4 is 11.6 Å². The van der Waals surface area contributed by atoms with E-state index in [9.17, 15) is 4.79 Å². The smallest absolute Gasteiger partial charge is 0.231 e. The Hall–Kier alpha value is -1.35. The van der Waals surface area contributed by atoms with Crippen LogP contribution in [0, 0.1) is 11.8 Å². The Labute approximate surface area is 103 Å². The van der Waals surface area contributed by atoms with Crippen molar-refractivity contribution in [3.05, 3.63) is 30.3 Å². The van der Waals surface area contributed by atoms with Gasteiger partial charge in [-0.1, -0.05) is 25.1 Å². The molecular weight excluding hydrogens is 212 g/mol. The summed E-state index contributed by atoms with van der Waals surface area (Å²) < 4.78 is 0. The average Bonchev–Trinajstić information content (AvgIpc) is 2.38. The minimum Gasteiger partial charge on any atom is -0.316 e. The molecule has 1 saturated heterocycles. The zero-order valence-electron chi connectivity index (χ0n) is 10.5. The fraction of sp³-hybridized carbons (Fsp3) is 0.500. The van der Waals surface area contributed by atoms with Crippen LogP contribution in [0.15, 0.2) is 30.3 Å². The Morgan fingerprint density at radius 2 is 2.00 bits per heavy atom. The van der Waals surface area contributed by atoms with Crippen molar-refractivity contribution in [3.8, 4) is 0 Å². The van der Waals surface area contributed by atoms with E-state index < -0.39 is 0 Å². The molecule has 1 heterocycles. The lowest BCUT2D eigenvalue weighted by Crippen LogP contribution is -2.44. The first-order chi connectivity index (χ1) is 8.18. The molecule has 1 aliphatic heterocycles. The van der Waals surface area contributed by atoms with Gasteiger partial charge in [0, 0.05) is 19.3 Å². The number of hydrogen-bond acceptors (Lipinski definition) is 2. The summed E-state index contributed by atoms with van der Waals surface area (Å²) in [6.07, 6.45) is 0.989. The fourth-order valence-electron chi connectivity index (χ4n) is 2.40. The molecule has 2 atom stereocenters. The molecule has 0 radical (unpaired) electrons. The summed E-state index contributed by atoms with van der Waals surface area (Å²) in [5.41, 5.74) is 0.968. The third kappa shape index (κ3) is 2.86. The van der Waals surface area contributed by atoms with Gasteiger partial charge in [0.1, 0.15) is 0 Å². The van der Waals surface area contributed by atoms with E-state index in [-0.39, 0.29) is 11.8 Å². The molecule has 0 bridgehead atoms. The lowest BCUT2D eigenvalue weighted by molar-refractivity contribution is -0.123. The maximum absolute atomic E-state index is 12.3. The summed E-state index contributed by atoms with van der Waals surface area (Å²) in [6, 6.07) is 9.82. The molecule has 1 amide bonds. The number of carbonyl (C=O) groups is 1. The third-order valence-corrected chi connectivity index (χ3v) is 3.39. The van der Waals surface area contributed by atoms with Crippen LogP contribution in [0.1, 0.15) is 13.3 Å². The fourth-order valence-corrected chi connectivity index (χ4v) is 2.40. The normalized spacial score (nSPS) is 24.4. The minimum absolute atomic E-state index is 0.115. The first-order valence-corrected chi connectivity index (χ1v) is 6.22. The minimum atomic E-state index is 0.115. The highest BCUT2D eigenvalue weighted by Crippen LogP contribution is 2.20. The van der Waals surface area contributed by atoms with Crippen molar-refractivity contribution in [1.82, 2.24) is 5.32 Å². The van der Waals surface area contributed by atoms with Crippen LogP contribution in [0.5, 0.6) is 0 Å². The van der Waals surface area contributed by atoms with Gasteiger partial charge >= 0.3 is 0 Å². The van der Waals surface area contributed by atoms with Crippen molar-refractivity contribution < 1.29 is 4.79 Å². The van der Waals surface area contributed by atoms with Crippen molar-refractivity contribution in [3.63, 3.8) is 0 Å². The summed E-state index contributed by atoms with van der Waals surface area (Å²) in [5.74, 6) is 0.918. The number of amides is 1. The van der Waals surface area contributed by atoms with Gasteiger partial charge in [-0.05, 0) is 31.0 Å². The second-order valence-electron chi connectivity index (χ2n) is 4.93. The molecule has 0 aliphatic carbocycles. The van der Waals surface area contributed by atoms with E-state index in [0.717, 1.165) is 25.2 Å². The lowest BCUT2D eigenvalue weighted by atomic mass is 9.91.